The number of rotatable bonds is 5. The van der Waals surface area contributed by atoms with Crippen molar-refractivity contribution in [1.82, 2.24) is 29.3 Å². The van der Waals surface area contributed by atoms with Gasteiger partial charge < -0.3 is 9.64 Å². The van der Waals surface area contributed by atoms with Gasteiger partial charge in [-0.05, 0) is 58.7 Å². The highest BCUT2D eigenvalue weighted by molar-refractivity contribution is 5.68. The summed E-state index contributed by atoms with van der Waals surface area (Å²) in [6.45, 7) is 14.7. The Morgan fingerprint density at radius 2 is 1.76 bits per heavy atom. The lowest BCUT2D eigenvalue weighted by Gasteiger charge is -2.35. The summed E-state index contributed by atoms with van der Waals surface area (Å²) >= 11 is 0. The van der Waals surface area contributed by atoms with E-state index < -0.39 is 5.60 Å². The van der Waals surface area contributed by atoms with Crippen LogP contribution in [0.5, 0.6) is 0 Å². The number of piperidine rings is 1. The van der Waals surface area contributed by atoms with Crippen LogP contribution in [0.4, 0.5) is 4.79 Å². The lowest BCUT2D eigenvalue weighted by Crippen LogP contribution is -2.49. The van der Waals surface area contributed by atoms with E-state index in [4.69, 9.17) is 14.8 Å². The Kier molecular flexibility index (Phi) is 7.49. The van der Waals surface area contributed by atoms with Gasteiger partial charge in [-0.25, -0.2) is 14.3 Å². The highest BCUT2D eigenvalue weighted by Crippen LogP contribution is 2.29. The predicted molar refractivity (Wildman–Crippen MR) is 145 cm³/mol. The Balaban J connectivity index is 1.26. The minimum absolute atomic E-state index is 0.223. The molecule has 2 saturated heterocycles. The number of nitrogens with zero attached hydrogens (tertiary/aromatic N) is 6. The lowest BCUT2D eigenvalue weighted by atomic mass is 9.94. The summed E-state index contributed by atoms with van der Waals surface area (Å²) in [4.78, 5) is 24.0. The first-order valence-electron chi connectivity index (χ1n) is 13.6. The van der Waals surface area contributed by atoms with Crippen LogP contribution in [-0.4, -0.2) is 80.3 Å². The average molecular weight is 505 g/mol. The molecule has 2 aromatic heterocycles. The van der Waals surface area contributed by atoms with Gasteiger partial charge in [0.15, 0.2) is 5.65 Å². The van der Waals surface area contributed by atoms with Crippen LogP contribution in [0.25, 0.3) is 5.65 Å². The molecule has 0 aliphatic carbocycles. The zero-order valence-electron chi connectivity index (χ0n) is 22.7. The minimum Gasteiger partial charge on any atom is -0.444 e. The van der Waals surface area contributed by atoms with Crippen LogP contribution in [0.15, 0.2) is 42.6 Å². The van der Waals surface area contributed by atoms with Gasteiger partial charge in [0.25, 0.3) is 0 Å². The smallest absolute Gasteiger partial charge is 0.410 e. The number of aryl methyl sites for hydroxylation is 1. The first kappa shape index (κ1) is 25.7. The number of hydrogen-bond donors (Lipinski definition) is 0. The molecule has 0 radical (unpaired) electrons. The molecule has 0 N–H and O–H groups in total. The fourth-order valence-corrected chi connectivity index (χ4v) is 5.53. The zero-order chi connectivity index (χ0) is 26.0. The van der Waals surface area contributed by atoms with Crippen LogP contribution >= 0.6 is 0 Å². The molecule has 1 unspecified atom stereocenters. The highest BCUT2D eigenvalue weighted by Gasteiger charge is 2.28. The maximum absolute atomic E-state index is 12.4. The molecule has 3 aromatic rings. The molecular formula is C29H40N6O2. The van der Waals surface area contributed by atoms with Gasteiger partial charge in [-0.2, -0.15) is 5.10 Å². The van der Waals surface area contributed by atoms with E-state index >= 15 is 0 Å². The number of amides is 1. The summed E-state index contributed by atoms with van der Waals surface area (Å²) < 4.78 is 7.64. The van der Waals surface area contributed by atoms with Crippen molar-refractivity contribution in [2.75, 3.05) is 39.3 Å². The molecule has 198 valence electrons. The maximum atomic E-state index is 12.4. The van der Waals surface area contributed by atoms with Crippen LogP contribution in [0, 0.1) is 6.92 Å². The Morgan fingerprint density at radius 1 is 1.00 bits per heavy atom. The van der Waals surface area contributed by atoms with E-state index in [1.807, 2.05) is 31.9 Å². The van der Waals surface area contributed by atoms with Gasteiger partial charge in [-0.1, -0.05) is 30.3 Å². The van der Waals surface area contributed by atoms with Gasteiger partial charge >= 0.3 is 6.09 Å². The first-order chi connectivity index (χ1) is 17.8. The zero-order valence-corrected chi connectivity index (χ0v) is 22.7. The lowest BCUT2D eigenvalue weighted by molar-refractivity contribution is 0.0139. The highest BCUT2D eigenvalue weighted by atomic mass is 16.6. The van der Waals surface area contributed by atoms with Gasteiger partial charge in [0.2, 0.25) is 0 Å². The Morgan fingerprint density at radius 3 is 2.49 bits per heavy atom. The summed E-state index contributed by atoms with van der Waals surface area (Å²) in [5, 5.41) is 4.97. The third-order valence-electron chi connectivity index (χ3n) is 7.42. The van der Waals surface area contributed by atoms with Crippen LogP contribution in [0.3, 0.4) is 0 Å². The molecule has 8 nitrogen and oxygen atoms in total. The Labute approximate surface area is 220 Å². The van der Waals surface area contributed by atoms with E-state index in [1.54, 1.807) is 0 Å². The quantitative estimate of drug-likeness (QED) is 0.511. The molecular weight excluding hydrogens is 464 g/mol. The first-order valence-corrected chi connectivity index (χ1v) is 13.6. The maximum Gasteiger partial charge on any atom is 0.410 e. The number of ether oxygens (including phenoxy) is 1. The monoisotopic (exact) mass is 504 g/mol. The van der Waals surface area contributed by atoms with E-state index in [-0.39, 0.29) is 6.09 Å². The molecule has 1 aromatic carbocycles. The third kappa shape index (κ3) is 6.13. The van der Waals surface area contributed by atoms with E-state index in [2.05, 4.69) is 57.6 Å². The van der Waals surface area contributed by atoms with Gasteiger partial charge in [-0.3, -0.25) is 9.80 Å². The second kappa shape index (κ2) is 10.8. The van der Waals surface area contributed by atoms with Crippen LogP contribution in [-0.2, 0) is 17.8 Å². The summed E-state index contributed by atoms with van der Waals surface area (Å²) in [6.07, 6.45) is 4.09. The van der Waals surface area contributed by atoms with E-state index in [0.717, 1.165) is 50.6 Å². The van der Waals surface area contributed by atoms with E-state index in [0.29, 0.717) is 19.0 Å². The molecule has 0 bridgehead atoms. The average Bonchev–Trinajstić information content (AvgIpc) is 3.19. The van der Waals surface area contributed by atoms with Crippen molar-refractivity contribution in [3.8, 4) is 0 Å². The van der Waals surface area contributed by atoms with E-state index in [1.165, 1.54) is 29.7 Å². The standard InChI is InChI=1S/C29H40N6O2/c1-22-25(21-32-15-17-34(18-16-32)28(36)37-29(2,3)4)27-30-13-12-26(35(27)31-22)24-11-8-14-33(20-24)19-23-9-6-5-7-10-23/h5-7,9-10,12-13,24H,8,11,14-21H2,1-4H3. The molecule has 4 heterocycles. The molecule has 2 aliphatic heterocycles. The summed E-state index contributed by atoms with van der Waals surface area (Å²) in [5.41, 5.74) is 5.34. The molecule has 8 heteroatoms. The third-order valence-corrected chi connectivity index (χ3v) is 7.42. The molecule has 37 heavy (non-hydrogen) atoms. The van der Waals surface area contributed by atoms with Crippen molar-refractivity contribution in [2.24, 2.45) is 0 Å². The number of piperazine rings is 1. The number of hydrogen-bond acceptors (Lipinski definition) is 6. The van der Waals surface area contributed by atoms with Gasteiger partial charge in [0.1, 0.15) is 5.60 Å². The molecule has 5 rings (SSSR count). The topological polar surface area (TPSA) is 66.2 Å². The van der Waals surface area contributed by atoms with E-state index in [9.17, 15) is 4.79 Å². The van der Waals surface area contributed by atoms with Crippen molar-refractivity contribution < 1.29 is 9.53 Å². The summed E-state index contributed by atoms with van der Waals surface area (Å²) in [5.74, 6) is 0.437. The van der Waals surface area contributed by atoms with Crippen LogP contribution in [0.2, 0.25) is 0 Å². The van der Waals surface area contributed by atoms with Crippen molar-refractivity contribution in [3.63, 3.8) is 0 Å². The fraction of sp³-hybridized carbons (Fsp3) is 0.552. The van der Waals surface area contributed by atoms with Crippen molar-refractivity contribution in [2.45, 2.75) is 65.1 Å². The number of aromatic nitrogens is 3. The summed E-state index contributed by atoms with van der Waals surface area (Å²) in [6, 6.07) is 12.9. The second-order valence-electron chi connectivity index (χ2n) is 11.5. The molecule has 1 atom stereocenters. The summed E-state index contributed by atoms with van der Waals surface area (Å²) in [7, 11) is 0. The van der Waals surface area contributed by atoms with Gasteiger partial charge in [0, 0.05) is 63.5 Å². The SMILES string of the molecule is Cc1nn2c(C3CCCN(Cc4ccccc4)C3)ccnc2c1CN1CCN(C(=O)OC(C)(C)C)CC1. The molecule has 1 amide bonds. The normalized spacial score (nSPS) is 19.9. The number of carbonyl (C=O) groups excluding carboxylic acids is 1. The number of carbonyl (C=O) groups is 1. The Bertz CT molecular complexity index is 1210. The van der Waals surface area contributed by atoms with Gasteiger partial charge in [0.05, 0.1) is 11.4 Å². The number of likely N-dealkylation sites (tertiary alicyclic amines) is 1. The number of fused-ring (bicyclic) bond motifs is 1. The van der Waals surface area contributed by atoms with Crippen molar-refractivity contribution in [1.29, 1.82) is 0 Å². The predicted octanol–water partition coefficient (Wildman–Crippen LogP) is 4.47. The van der Waals surface area contributed by atoms with Crippen molar-refractivity contribution >= 4 is 11.7 Å². The minimum atomic E-state index is -0.470. The van der Waals surface area contributed by atoms with Gasteiger partial charge in [-0.15, -0.1) is 0 Å². The molecule has 2 aliphatic rings. The fourth-order valence-electron chi connectivity index (χ4n) is 5.53. The van der Waals surface area contributed by atoms with Crippen LogP contribution < -0.4 is 0 Å². The molecule has 2 fully saturated rings. The molecule has 0 saturated carbocycles. The second-order valence-corrected chi connectivity index (χ2v) is 11.5. The Hall–Kier alpha value is -2.97. The number of benzene rings is 1. The molecule has 0 spiro atoms. The van der Waals surface area contributed by atoms with Crippen LogP contribution in [0.1, 0.15) is 62.0 Å². The largest absolute Gasteiger partial charge is 0.444 e. The van der Waals surface area contributed by atoms with Crippen molar-refractivity contribution in [3.05, 3.63) is 65.1 Å².